The number of amides is 1. The maximum atomic E-state index is 14.4. The van der Waals surface area contributed by atoms with Gasteiger partial charge in [-0.25, -0.2) is 4.79 Å². The number of ketones is 3. The summed E-state index contributed by atoms with van der Waals surface area (Å²) in [4.78, 5) is 73.4. The molecule has 1 aromatic heterocycles. The largest absolute Gasteiger partial charge is 0.460 e. The number of fused-ring (bicyclic) bond motifs is 5. The summed E-state index contributed by atoms with van der Waals surface area (Å²) in [5.41, 5.74) is 1.57. The Hall–Kier alpha value is -4.26. The zero-order chi connectivity index (χ0) is 48.4. The number of esters is 1. The zero-order valence-electron chi connectivity index (χ0n) is 40.6. The molecule has 370 valence electrons. The Balaban J connectivity index is 1.28. The number of carbonyl (C=O) groups excluding carboxylic acids is 5. The van der Waals surface area contributed by atoms with Crippen molar-refractivity contribution < 1.29 is 57.5 Å². The number of piperidine rings is 1. The molecule has 4 aliphatic heterocycles. The summed E-state index contributed by atoms with van der Waals surface area (Å²) < 4.78 is 36.2. The number of hydrogen-bond acceptors (Lipinski definition) is 15. The molecule has 3 saturated heterocycles. The fraction of sp³-hybridized carbons (Fsp3) is 0.720. The Labute approximate surface area is 395 Å². The second kappa shape index (κ2) is 23.8. The van der Waals surface area contributed by atoms with E-state index in [0.29, 0.717) is 63.4 Å². The van der Waals surface area contributed by atoms with Crippen molar-refractivity contribution in [2.45, 2.75) is 179 Å². The number of carbonyl (C=O) groups is 5. The molecule has 67 heavy (non-hydrogen) atoms. The highest BCUT2D eigenvalue weighted by Crippen LogP contribution is 2.39. The lowest BCUT2D eigenvalue weighted by molar-refractivity contribution is -0.265. The second-order valence-corrected chi connectivity index (χ2v) is 19.5. The first-order valence-corrected chi connectivity index (χ1v) is 24.3. The lowest BCUT2D eigenvalue weighted by Gasteiger charge is -2.42. The van der Waals surface area contributed by atoms with E-state index in [-0.39, 0.29) is 54.9 Å². The van der Waals surface area contributed by atoms with Crippen LogP contribution in [-0.4, -0.2) is 142 Å². The van der Waals surface area contributed by atoms with Gasteiger partial charge >= 0.3 is 5.97 Å². The standard InChI is InChI=1S/C50H73N5O12/c1-30-14-10-9-11-15-31(2)41(62-6)28-37-20-17-34(5)50(61,67-37)47(58)48(59)54-23-13-12-16-39(54)49(60)65-36(21-18-35-19-22-38(42(26-35)63-7)55-52-29-51-53-55)27-40(56)32(3)25-33(4)45-46(64-8)44(57)43(24-30)66-45/h9-11,14-15,25,29-30,32,34-39,41-43,45-46,61H,12-13,16-24,26-28H2,1-8H3/b11-9+,14-10+,31-15+,33-25+/t30-,32-,34?,35?,36-,37?,38?,39?,41+,42?,43?,45-,46?,50?/m1/s1. The number of aromatic nitrogens is 4. The maximum absolute atomic E-state index is 14.4. The third kappa shape index (κ3) is 12.7. The Morgan fingerprint density at radius 1 is 0.866 bits per heavy atom. The van der Waals surface area contributed by atoms with Crippen LogP contribution in [0.3, 0.4) is 0 Å². The molecule has 5 heterocycles. The molecule has 1 amide bonds. The summed E-state index contributed by atoms with van der Waals surface area (Å²) in [5.74, 6) is -6.74. The van der Waals surface area contributed by atoms with Gasteiger partial charge in [0.25, 0.3) is 11.7 Å². The molecular weight excluding hydrogens is 863 g/mol. The third-order valence-corrected chi connectivity index (χ3v) is 14.7. The van der Waals surface area contributed by atoms with Crippen molar-refractivity contribution in [3.63, 3.8) is 0 Å². The lowest BCUT2D eigenvalue weighted by atomic mass is 9.80. The van der Waals surface area contributed by atoms with Crippen molar-refractivity contribution in [3.8, 4) is 0 Å². The highest BCUT2D eigenvalue weighted by molar-refractivity contribution is 6.39. The van der Waals surface area contributed by atoms with Crippen LogP contribution in [0.2, 0.25) is 0 Å². The number of Topliss-reactive ketones (excluding diaryl/α,β-unsaturated/α-hetero) is 3. The van der Waals surface area contributed by atoms with Crippen molar-refractivity contribution in [1.29, 1.82) is 0 Å². The molecule has 1 N–H and O–H groups in total. The number of methoxy groups -OCH3 is 3. The quantitative estimate of drug-likeness (QED) is 0.201. The van der Waals surface area contributed by atoms with E-state index in [2.05, 4.69) is 15.4 Å². The molecule has 17 nitrogen and oxygen atoms in total. The molecule has 0 aromatic carbocycles. The van der Waals surface area contributed by atoms with E-state index < -0.39 is 77.9 Å². The number of aliphatic hydroxyl groups is 1. The molecular formula is C50H73N5O12. The van der Waals surface area contributed by atoms with Gasteiger partial charge in [0.2, 0.25) is 5.79 Å². The topological polar surface area (TPSA) is 208 Å². The number of rotatable bonds is 7. The van der Waals surface area contributed by atoms with Gasteiger partial charge in [-0.05, 0) is 113 Å². The number of nitrogens with zero attached hydrogens (tertiary/aromatic N) is 5. The van der Waals surface area contributed by atoms with Crippen LogP contribution in [-0.2, 0) is 52.4 Å². The summed E-state index contributed by atoms with van der Waals surface area (Å²) in [6, 6.07) is -1.19. The number of ether oxygens (including phenoxy) is 6. The molecule has 1 aromatic rings. The first-order chi connectivity index (χ1) is 32.1. The molecule has 0 radical (unpaired) electrons. The Morgan fingerprint density at radius 2 is 1.66 bits per heavy atom. The molecule has 4 bridgehead atoms. The average molecular weight is 936 g/mol. The minimum Gasteiger partial charge on any atom is -0.460 e. The van der Waals surface area contributed by atoms with E-state index in [0.717, 1.165) is 18.4 Å². The smallest absolute Gasteiger partial charge is 0.329 e. The monoisotopic (exact) mass is 936 g/mol. The molecule has 9 unspecified atom stereocenters. The minimum absolute atomic E-state index is 0.0103. The van der Waals surface area contributed by atoms with Crippen molar-refractivity contribution >= 4 is 29.2 Å². The van der Waals surface area contributed by atoms with Gasteiger partial charge in [-0.3, -0.25) is 19.2 Å². The van der Waals surface area contributed by atoms with Crippen molar-refractivity contribution in [2.75, 3.05) is 27.9 Å². The molecule has 4 fully saturated rings. The van der Waals surface area contributed by atoms with Crippen LogP contribution in [0.5, 0.6) is 0 Å². The van der Waals surface area contributed by atoms with Gasteiger partial charge in [0.1, 0.15) is 36.2 Å². The summed E-state index contributed by atoms with van der Waals surface area (Å²) in [5, 5.41) is 24.2. The molecule has 1 saturated carbocycles. The lowest BCUT2D eigenvalue weighted by Crippen LogP contribution is -2.60. The highest BCUT2D eigenvalue weighted by atomic mass is 16.6. The van der Waals surface area contributed by atoms with Crippen molar-refractivity contribution in [1.82, 2.24) is 25.1 Å². The SMILES string of the molecule is COC1CC(CC[C@@H]2CC(=O)[C@H](C)/C=C(\C)[C@H]3OC(C[C@H](C)/C=C/C=C/C=C(\C)[C@@H](OC)CC4CCC(C)C(O)(O4)C(=O)C(=O)N4CCCCC4C(=O)O2)C(=O)C3OC)CCC1n1ncnn1. The van der Waals surface area contributed by atoms with E-state index in [9.17, 15) is 29.1 Å². The summed E-state index contributed by atoms with van der Waals surface area (Å²) in [7, 11) is 4.73. The molecule has 14 atom stereocenters. The molecule has 1 aliphatic carbocycles. The van der Waals surface area contributed by atoms with E-state index in [1.165, 1.54) is 18.3 Å². The van der Waals surface area contributed by atoms with Gasteiger partial charge in [0.15, 0.2) is 12.1 Å². The van der Waals surface area contributed by atoms with Gasteiger partial charge in [0.05, 0.1) is 24.4 Å². The van der Waals surface area contributed by atoms with E-state index >= 15 is 0 Å². The minimum atomic E-state index is -2.41. The van der Waals surface area contributed by atoms with Crippen molar-refractivity contribution in [3.05, 3.63) is 53.9 Å². The number of allylic oxidation sites excluding steroid dienone is 6. The van der Waals surface area contributed by atoms with Crippen LogP contribution in [0, 0.1) is 23.7 Å². The van der Waals surface area contributed by atoms with Crippen LogP contribution in [0.25, 0.3) is 0 Å². The molecule has 0 spiro atoms. The van der Waals surface area contributed by atoms with Crippen LogP contribution in [0.15, 0.2) is 53.9 Å². The van der Waals surface area contributed by atoms with Gasteiger partial charge in [-0.2, -0.15) is 4.80 Å². The normalized spacial score (nSPS) is 39.5. The fourth-order valence-electron chi connectivity index (χ4n) is 10.5. The van der Waals surface area contributed by atoms with Crippen LogP contribution in [0.4, 0.5) is 0 Å². The molecule has 17 heteroatoms. The predicted molar refractivity (Wildman–Crippen MR) is 245 cm³/mol. The molecule has 5 aliphatic rings. The highest BCUT2D eigenvalue weighted by Gasteiger charge is 2.53. The van der Waals surface area contributed by atoms with Crippen LogP contribution in [0.1, 0.15) is 124 Å². The van der Waals surface area contributed by atoms with Crippen LogP contribution < -0.4 is 0 Å². The van der Waals surface area contributed by atoms with E-state index in [4.69, 9.17) is 28.4 Å². The first-order valence-electron chi connectivity index (χ1n) is 24.3. The third-order valence-electron chi connectivity index (χ3n) is 14.7. The van der Waals surface area contributed by atoms with Crippen LogP contribution >= 0.6 is 0 Å². The number of hydrogen-bond donors (Lipinski definition) is 1. The van der Waals surface area contributed by atoms with Gasteiger partial charge in [-0.1, -0.05) is 57.2 Å². The summed E-state index contributed by atoms with van der Waals surface area (Å²) in [6.45, 7) is 9.33. The van der Waals surface area contributed by atoms with Gasteiger partial charge < -0.3 is 38.4 Å². The van der Waals surface area contributed by atoms with Crippen molar-refractivity contribution in [2.24, 2.45) is 23.7 Å². The Morgan fingerprint density at radius 3 is 2.37 bits per heavy atom. The van der Waals surface area contributed by atoms with E-state index in [1.807, 2.05) is 51.2 Å². The van der Waals surface area contributed by atoms with Gasteiger partial charge in [0, 0.05) is 52.6 Å². The summed E-state index contributed by atoms with van der Waals surface area (Å²) >= 11 is 0. The van der Waals surface area contributed by atoms with E-state index in [1.54, 1.807) is 38.9 Å². The summed E-state index contributed by atoms with van der Waals surface area (Å²) in [6.07, 6.45) is 14.8. The van der Waals surface area contributed by atoms with Gasteiger partial charge in [-0.15, -0.1) is 10.2 Å². The zero-order valence-corrected chi connectivity index (χ0v) is 40.6. The predicted octanol–water partition coefficient (Wildman–Crippen LogP) is 5.57. The molecule has 6 rings (SSSR count). The number of tetrazole rings is 1. The maximum Gasteiger partial charge on any atom is 0.329 e. The second-order valence-electron chi connectivity index (χ2n) is 19.5. The number of cyclic esters (lactones) is 1. The Kier molecular flexibility index (Phi) is 18.5. The average Bonchev–Trinajstić information content (AvgIpc) is 3.97. The first kappa shape index (κ1) is 52.1. The Bertz CT molecular complexity index is 2000. The fourth-order valence-corrected chi connectivity index (χ4v) is 10.5.